The summed E-state index contributed by atoms with van der Waals surface area (Å²) in [5.74, 6) is 1.91. The summed E-state index contributed by atoms with van der Waals surface area (Å²) < 4.78 is 4.86. The van der Waals surface area contributed by atoms with E-state index in [1.807, 2.05) is 36.5 Å². The third-order valence-corrected chi connectivity index (χ3v) is 11.4. The average molecular weight is 685 g/mol. The summed E-state index contributed by atoms with van der Waals surface area (Å²) in [4.78, 5) is 15.2. The SMILES string of the molecule is C/C=C(\C)c1nc(-c2ccccc2)nc(-n2c3ccccc3c3cccc(-c4cccc5c(-c6ccc7c(c6)sc6ccccc67)cccc45)c32)n1. The molecule has 10 aromatic rings. The Labute approximate surface area is 305 Å². The molecule has 0 aliphatic heterocycles. The monoisotopic (exact) mass is 684 g/mol. The largest absolute Gasteiger partial charge is 0.277 e. The van der Waals surface area contributed by atoms with E-state index in [-0.39, 0.29) is 0 Å². The Balaban J connectivity index is 1.23. The van der Waals surface area contributed by atoms with Crippen molar-refractivity contribution in [2.24, 2.45) is 0 Å². The van der Waals surface area contributed by atoms with Crippen LogP contribution in [0.4, 0.5) is 0 Å². The first kappa shape index (κ1) is 30.4. The zero-order valence-electron chi connectivity index (χ0n) is 28.7. The van der Waals surface area contributed by atoms with Crippen LogP contribution in [0.3, 0.4) is 0 Å². The first-order valence-corrected chi connectivity index (χ1v) is 18.4. The lowest BCUT2D eigenvalue weighted by Gasteiger charge is -2.15. The second kappa shape index (κ2) is 12.1. The second-order valence-electron chi connectivity index (χ2n) is 13.2. The molecule has 0 spiro atoms. The van der Waals surface area contributed by atoms with Crippen LogP contribution in [0.15, 0.2) is 158 Å². The fraction of sp³-hybridized carbons (Fsp3) is 0.0426. The molecule has 0 saturated carbocycles. The number of nitrogens with zero attached hydrogens (tertiary/aromatic N) is 4. The van der Waals surface area contributed by atoms with Gasteiger partial charge in [-0.15, -0.1) is 11.3 Å². The molecule has 246 valence electrons. The maximum Gasteiger partial charge on any atom is 0.238 e. The lowest BCUT2D eigenvalue weighted by molar-refractivity contribution is 0.930. The minimum absolute atomic E-state index is 0.598. The van der Waals surface area contributed by atoms with Crippen molar-refractivity contribution in [3.05, 3.63) is 164 Å². The third-order valence-electron chi connectivity index (χ3n) is 10.2. The van der Waals surface area contributed by atoms with Gasteiger partial charge in [-0.05, 0) is 65.1 Å². The molecule has 0 saturated heterocycles. The lowest BCUT2D eigenvalue weighted by atomic mass is 9.92. The van der Waals surface area contributed by atoms with Crippen molar-refractivity contribution in [2.75, 3.05) is 0 Å². The number of aromatic nitrogens is 4. The summed E-state index contributed by atoms with van der Waals surface area (Å²) in [6.07, 6.45) is 2.05. The Morgan fingerprint density at radius 1 is 0.519 bits per heavy atom. The van der Waals surface area contributed by atoms with Crippen LogP contribution >= 0.6 is 11.3 Å². The Kier molecular flexibility index (Phi) is 7.08. The molecule has 3 heterocycles. The minimum Gasteiger partial charge on any atom is -0.277 e. The fourth-order valence-corrected chi connectivity index (χ4v) is 8.77. The van der Waals surface area contributed by atoms with E-state index in [1.165, 1.54) is 47.6 Å². The number of hydrogen-bond donors (Lipinski definition) is 0. The molecule has 0 amide bonds. The van der Waals surface area contributed by atoms with Crippen LogP contribution in [0.1, 0.15) is 19.7 Å². The maximum absolute atomic E-state index is 5.17. The Hall–Kier alpha value is -6.43. The van der Waals surface area contributed by atoms with Crippen LogP contribution < -0.4 is 0 Å². The number of para-hydroxylation sites is 2. The molecule has 0 radical (unpaired) electrons. The molecular weight excluding hydrogens is 653 g/mol. The number of rotatable bonds is 5. The molecule has 0 aliphatic rings. The van der Waals surface area contributed by atoms with Crippen LogP contribution in [0.2, 0.25) is 0 Å². The highest BCUT2D eigenvalue weighted by atomic mass is 32.1. The average Bonchev–Trinajstić information content (AvgIpc) is 3.76. The van der Waals surface area contributed by atoms with E-state index < -0.39 is 0 Å². The van der Waals surface area contributed by atoms with Gasteiger partial charge < -0.3 is 0 Å². The third kappa shape index (κ3) is 4.78. The van der Waals surface area contributed by atoms with Crippen molar-refractivity contribution < 1.29 is 0 Å². The maximum atomic E-state index is 5.17. The Bertz CT molecular complexity index is 3040. The van der Waals surface area contributed by atoms with E-state index in [0.717, 1.165) is 38.5 Å². The van der Waals surface area contributed by atoms with Gasteiger partial charge in [0.1, 0.15) is 0 Å². The molecule has 0 bridgehead atoms. The van der Waals surface area contributed by atoms with Crippen molar-refractivity contribution in [2.45, 2.75) is 13.8 Å². The van der Waals surface area contributed by atoms with Gasteiger partial charge in [0.25, 0.3) is 0 Å². The van der Waals surface area contributed by atoms with Gasteiger partial charge in [0.2, 0.25) is 5.95 Å². The quantitative estimate of drug-likeness (QED) is 0.181. The van der Waals surface area contributed by atoms with Crippen LogP contribution in [0, 0.1) is 0 Å². The highest BCUT2D eigenvalue weighted by Crippen LogP contribution is 2.43. The van der Waals surface area contributed by atoms with Crippen molar-refractivity contribution in [3.63, 3.8) is 0 Å². The summed E-state index contributed by atoms with van der Waals surface area (Å²) in [6.45, 7) is 4.08. The van der Waals surface area contributed by atoms with Gasteiger partial charge in [-0.3, -0.25) is 4.57 Å². The molecule has 10 rings (SSSR count). The van der Waals surface area contributed by atoms with E-state index in [9.17, 15) is 0 Å². The predicted octanol–water partition coefficient (Wildman–Crippen LogP) is 12.9. The van der Waals surface area contributed by atoms with E-state index in [4.69, 9.17) is 15.0 Å². The minimum atomic E-state index is 0.598. The van der Waals surface area contributed by atoms with Crippen LogP contribution in [0.5, 0.6) is 0 Å². The van der Waals surface area contributed by atoms with Gasteiger partial charge >= 0.3 is 0 Å². The molecule has 0 fully saturated rings. The van der Waals surface area contributed by atoms with Crippen molar-refractivity contribution in [3.8, 4) is 39.6 Å². The zero-order valence-corrected chi connectivity index (χ0v) is 29.5. The molecule has 0 unspecified atom stereocenters. The summed E-state index contributed by atoms with van der Waals surface area (Å²) in [5.41, 5.74) is 8.81. The second-order valence-corrected chi connectivity index (χ2v) is 14.3. The van der Waals surface area contributed by atoms with Crippen LogP contribution in [-0.4, -0.2) is 19.5 Å². The van der Waals surface area contributed by atoms with Gasteiger partial charge in [0.05, 0.1) is 11.0 Å². The molecule has 3 aromatic heterocycles. The normalized spacial score (nSPS) is 12.2. The Morgan fingerprint density at radius 2 is 1.17 bits per heavy atom. The number of hydrogen-bond acceptors (Lipinski definition) is 4. The number of allylic oxidation sites excluding steroid dienone is 2. The van der Waals surface area contributed by atoms with Crippen LogP contribution in [0.25, 0.3) is 97.9 Å². The predicted molar refractivity (Wildman–Crippen MR) is 220 cm³/mol. The molecular formula is C47H32N4S. The molecule has 4 nitrogen and oxygen atoms in total. The smallest absolute Gasteiger partial charge is 0.238 e. The molecule has 7 aromatic carbocycles. The van der Waals surface area contributed by atoms with Gasteiger partial charge in [-0.1, -0.05) is 140 Å². The topological polar surface area (TPSA) is 43.6 Å². The Morgan fingerprint density at radius 3 is 2.00 bits per heavy atom. The van der Waals surface area contributed by atoms with Crippen molar-refractivity contribution in [1.82, 2.24) is 19.5 Å². The zero-order chi connectivity index (χ0) is 34.8. The van der Waals surface area contributed by atoms with Gasteiger partial charge in [0, 0.05) is 42.1 Å². The molecule has 52 heavy (non-hydrogen) atoms. The van der Waals surface area contributed by atoms with Crippen molar-refractivity contribution >= 4 is 69.7 Å². The van der Waals surface area contributed by atoms with E-state index in [2.05, 4.69) is 151 Å². The summed E-state index contributed by atoms with van der Waals surface area (Å²) in [7, 11) is 0. The standard InChI is InChI=1S/C47H32N4S/c1-3-29(2)45-48-46(30-14-5-4-6-15-30)50-47(49-45)51-41-24-9-7-16-36(41)40-23-13-22-39(44(40)51)35-21-12-19-33-32(18-11-20-34(33)35)31-26-27-38-37-17-8-10-25-42(37)52-43(38)28-31/h3-28H,1-2H3/b29-3+. The van der Waals surface area contributed by atoms with E-state index in [1.54, 1.807) is 0 Å². The van der Waals surface area contributed by atoms with E-state index >= 15 is 0 Å². The highest BCUT2D eigenvalue weighted by molar-refractivity contribution is 7.25. The van der Waals surface area contributed by atoms with Crippen molar-refractivity contribution in [1.29, 1.82) is 0 Å². The fourth-order valence-electron chi connectivity index (χ4n) is 7.62. The van der Waals surface area contributed by atoms with Gasteiger partial charge in [0.15, 0.2) is 11.6 Å². The summed E-state index contributed by atoms with van der Waals surface area (Å²) in [5, 5.41) is 7.36. The number of thiophene rings is 1. The van der Waals surface area contributed by atoms with E-state index in [0.29, 0.717) is 17.6 Å². The molecule has 0 N–H and O–H groups in total. The molecule has 0 atom stereocenters. The molecule has 5 heteroatoms. The highest BCUT2D eigenvalue weighted by Gasteiger charge is 2.21. The van der Waals surface area contributed by atoms with Crippen LogP contribution in [-0.2, 0) is 0 Å². The first-order chi connectivity index (χ1) is 25.7. The number of fused-ring (bicyclic) bond motifs is 7. The van der Waals surface area contributed by atoms with Gasteiger partial charge in [-0.2, -0.15) is 9.97 Å². The summed E-state index contributed by atoms with van der Waals surface area (Å²) >= 11 is 1.86. The lowest BCUT2D eigenvalue weighted by Crippen LogP contribution is -2.08. The summed E-state index contributed by atoms with van der Waals surface area (Å²) in [6, 6.07) is 54.3. The molecule has 0 aliphatic carbocycles. The first-order valence-electron chi connectivity index (χ1n) is 17.6. The van der Waals surface area contributed by atoms with Gasteiger partial charge in [-0.25, -0.2) is 4.98 Å². The number of benzene rings is 7.